The van der Waals surface area contributed by atoms with Gasteiger partial charge in [-0.3, -0.25) is 4.79 Å². The van der Waals surface area contributed by atoms with Gasteiger partial charge in [0.1, 0.15) is 0 Å². The van der Waals surface area contributed by atoms with Crippen LogP contribution in [0.1, 0.15) is 44.2 Å². The Morgan fingerprint density at radius 3 is 2.59 bits per heavy atom. The SMILES string of the molecule is Cc1cc(C(C)NC(=O)Cc2cccc(C(=O)O)c2)c(C)s1. The Labute approximate surface area is 133 Å². The van der Waals surface area contributed by atoms with E-state index in [-0.39, 0.29) is 23.9 Å². The molecule has 0 aliphatic heterocycles. The number of carbonyl (C=O) groups is 2. The van der Waals surface area contributed by atoms with E-state index in [0.29, 0.717) is 5.56 Å². The van der Waals surface area contributed by atoms with Gasteiger partial charge in [0.2, 0.25) is 5.91 Å². The maximum Gasteiger partial charge on any atom is 0.335 e. The predicted molar refractivity (Wildman–Crippen MR) is 87.5 cm³/mol. The van der Waals surface area contributed by atoms with Gasteiger partial charge in [0.25, 0.3) is 0 Å². The van der Waals surface area contributed by atoms with Gasteiger partial charge in [0.15, 0.2) is 0 Å². The van der Waals surface area contributed by atoms with Gasteiger partial charge < -0.3 is 10.4 Å². The molecule has 1 unspecified atom stereocenters. The lowest BCUT2D eigenvalue weighted by Crippen LogP contribution is -2.28. The Bertz CT molecular complexity index is 706. The monoisotopic (exact) mass is 317 g/mol. The maximum atomic E-state index is 12.1. The topological polar surface area (TPSA) is 66.4 Å². The number of carboxylic acids is 1. The highest BCUT2D eigenvalue weighted by Crippen LogP contribution is 2.26. The highest BCUT2D eigenvalue weighted by Gasteiger charge is 2.14. The van der Waals surface area contributed by atoms with Crippen LogP contribution in [0.3, 0.4) is 0 Å². The lowest BCUT2D eigenvalue weighted by molar-refractivity contribution is -0.121. The lowest BCUT2D eigenvalue weighted by Gasteiger charge is -2.14. The third-order valence-corrected chi connectivity index (χ3v) is 4.44. The minimum atomic E-state index is -0.986. The van der Waals surface area contributed by atoms with Crippen LogP contribution in [0.15, 0.2) is 30.3 Å². The number of aryl methyl sites for hydroxylation is 2. The molecule has 1 atom stereocenters. The number of hydrogen-bond acceptors (Lipinski definition) is 3. The number of nitrogens with one attached hydrogen (secondary N) is 1. The van der Waals surface area contributed by atoms with Crippen molar-refractivity contribution in [2.24, 2.45) is 0 Å². The van der Waals surface area contributed by atoms with Crippen LogP contribution in [0, 0.1) is 13.8 Å². The van der Waals surface area contributed by atoms with Crippen LogP contribution < -0.4 is 5.32 Å². The summed E-state index contributed by atoms with van der Waals surface area (Å²) >= 11 is 1.72. The van der Waals surface area contributed by atoms with Gasteiger partial charge in [0.05, 0.1) is 18.0 Å². The van der Waals surface area contributed by atoms with Crippen molar-refractivity contribution in [2.45, 2.75) is 33.2 Å². The number of thiophene rings is 1. The second-order valence-electron chi connectivity index (χ2n) is 5.34. The molecule has 0 aliphatic carbocycles. The van der Waals surface area contributed by atoms with Crippen molar-refractivity contribution in [1.82, 2.24) is 5.32 Å². The average molecular weight is 317 g/mol. The van der Waals surface area contributed by atoms with Gasteiger partial charge >= 0.3 is 5.97 Å². The van der Waals surface area contributed by atoms with Crippen molar-refractivity contribution in [1.29, 1.82) is 0 Å². The summed E-state index contributed by atoms with van der Waals surface area (Å²) in [7, 11) is 0. The lowest BCUT2D eigenvalue weighted by atomic mass is 10.1. The van der Waals surface area contributed by atoms with Crippen molar-refractivity contribution < 1.29 is 14.7 Å². The van der Waals surface area contributed by atoms with Crippen LogP contribution in [0.2, 0.25) is 0 Å². The molecule has 2 N–H and O–H groups in total. The van der Waals surface area contributed by atoms with E-state index in [1.807, 2.05) is 20.8 Å². The van der Waals surface area contributed by atoms with Crippen molar-refractivity contribution in [2.75, 3.05) is 0 Å². The Hall–Kier alpha value is -2.14. The molecule has 4 nitrogen and oxygen atoms in total. The Morgan fingerprint density at radius 1 is 1.27 bits per heavy atom. The van der Waals surface area contributed by atoms with E-state index in [4.69, 9.17) is 5.11 Å². The zero-order chi connectivity index (χ0) is 16.3. The second-order valence-corrected chi connectivity index (χ2v) is 6.80. The Morgan fingerprint density at radius 2 is 2.00 bits per heavy atom. The summed E-state index contributed by atoms with van der Waals surface area (Å²) in [6.07, 6.45) is 0.174. The van der Waals surface area contributed by atoms with Crippen LogP contribution in [-0.4, -0.2) is 17.0 Å². The first kappa shape index (κ1) is 16.2. The molecule has 0 bridgehead atoms. The van der Waals surface area contributed by atoms with E-state index in [2.05, 4.69) is 11.4 Å². The third kappa shape index (κ3) is 3.95. The summed E-state index contributed by atoms with van der Waals surface area (Å²) in [6.45, 7) is 6.05. The number of benzene rings is 1. The summed E-state index contributed by atoms with van der Waals surface area (Å²) in [5.74, 6) is -1.10. The van der Waals surface area contributed by atoms with Crippen molar-refractivity contribution >= 4 is 23.2 Å². The molecule has 116 valence electrons. The number of carboxylic acid groups (broad SMARTS) is 1. The zero-order valence-electron chi connectivity index (χ0n) is 12.8. The number of carbonyl (C=O) groups excluding carboxylic acids is 1. The van der Waals surface area contributed by atoms with E-state index in [0.717, 1.165) is 5.56 Å². The number of rotatable bonds is 5. The summed E-state index contributed by atoms with van der Waals surface area (Å²) < 4.78 is 0. The van der Waals surface area contributed by atoms with Crippen LogP contribution >= 0.6 is 11.3 Å². The normalized spacial score (nSPS) is 12.0. The summed E-state index contributed by atoms with van der Waals surface area (Å²) in [5.41, 5.74) is 2.03. The summed E-state index contributed by atoms with van der Waals surface area (Å²) in [6, 6.07) is 8.51. The Kier molecular flexibility index (Phi) is 4.98. The van der Waals surface area contributed by atoms with Crippen LogP contribution in [-0.2, 0) is 11.2 Å². The number of amides is 1. The first-order valence-corrected chi connectivity index (χ1v) is 7.87. The molecular formula is C17H19NO3S. The fourth-order valence-electron chi connectivity index (χ4n) is 2.45. The maximum absolute atomic E-state index is 12.1. The minimum Gasteiger partial charge on any atom is -0.478 e. The highest BCUT2D eigenvalue weighted by molar-refractivity contribution is 7.12. The molecule has 1 aromatic heterocycles. The molecule has 2 rings (SSSR count). The molecule has 2 aromatic rings. The smallest absolute Gasteiger partial charge is 0.335 e. The van der Waals surface area contributed by atoms with Gasteiger partial charge in [-0.25, -0.2) is 4.79 Å². The largest absolute Gasteiger partial charge is 0.478 e. The highest BCUT2D eigenvalue weighted by atomic mass is 32.1. The fourth-order valence-corrected chi connectivity index (χ4v) is 3.47. The number of hydrogen-bond donors (Lipinski definition) is 2. The second kappa shape index (κ2) is 6.75. The number of aromatic carboxylic acids is 1. The van der Waals surface area contributed by atoms with Gasteiger partial charge in [-0.1, -0.05) is 12.1 Å². The van der Waals surface area contributed by atoms with Gasteiger partial charge in [-0.05, 0) is 50.1 Å². The quantitative estimate of drug-likeness (QED) is 0.887. The Balaban J connectivity index is 2.02. The van der Waals surface area contributed by atoms with Gasteiger partial charge in [-0.2, -0.15) is 0 Å². The molecule has 0 saturated heterocycles. The molecule has 0 aliphatic rings. The predicted octanol–water partition coefficient (Wildman–Crippen LogP) is 3.48. The molecule has 1 heterocycles. The molecule has 0 fully saturated rings. The van der Waals surface area contributed by atoms with Crippen molar-refractivity contribution in [3.63, 3.8) is 0 Å². The molecule has 22 heavy (non-hydrogen) atoms. The standard InChI is InChI=1S/C17H19NO3S/c1-10-7-15(12(3)22-10)11(2)18-16(19)9-13-5-4-6-14(8-13)17(20)21/h4-8,11H,9H2,1-3H3,(H,18,19)(H,20,21). The van der Waals surface area contributed by atoms with Crippen LogP contribution in [0.4, 0.5) is 0 Å². The first-order chi connectivity index (χ1) is 10.4. The summed E-state index contributed by atoms with van der Waals surface area (Å²) in [4.78, 5) is 25.5. The minimum absolute atomic E-state index is 0.0555. The summed E-state index contributed by atoms with van der Waals surface area (Å²) in [5, 5.41) is 11.9. The van der Waals surface area contributed by atoms with Crippen molar-refractivity contribution in [3.05, 3.63) is 56.8 Å². The molecule has 0 radical (unpaired) electrons. The molecular weight excluding hydrogens is 298 g/mol. The fraction of sp³-hybridized carbons (Fsp3) is 0.294. The molecule has 0 spiro atoms. The van der Waals surface area contributed by atoms with Crippen LogP contribution in [0.5, 0.6) is 0 Å². The molecule has 0 saturated carbocycles. The van der Waals surface area contributed by atoms with E-state index in [1.165, 1.54) is 21.9 Å². The van der Waals surface area contributed by atoms with Gasteiger partial charge in [-0.15, -0.1) is 11.3 Å². The molecule has 1 amide bonds. The third-order valence-electron chi connectivity index (χ3n) is 3.46. The average Bonchev–Trinajstić information content (AvgIpc) is 2.77. The molecule has 1 aromatic carbocycles. The zero-order valence-corrected chi connectivity index (χ0v) is 13.7. The van der Waals surface area contributed by atoms with Crippen LogP contribution in [0.25, 0.3) is 0 Å². The van der Waals surface area contributed by atoms with E-state index >= 15 is 0 Å². The molecule has 5 heteroatoms. The van der Waals surface area contributed by atoms with Gasteiger partial charge in [0, 0.05) is 9.75 Å². The van der Waals surface area contributed by atoms with E-state index in [9.17, 15) is 9.59 Å². The van der Waals surface area contributed by atoms with E-state index < -0.39 is 5.97 Å². The van der Waals surface area contributed by atoms with E-state index in [1.54, 1.807) is 23.5 Å². The van der Waals surface area contributed by atoms with Crippen molar-refractivity contribution in [3.8, 4) is 0 Å². The first-order valence-electron chi connectivity index (χ1n) is 7.05.